The maximum atomic E-state index is 11.9. The van der Waals surface area contributed by atoms with Gasteiger partial charge in [0.15, 0.2) is 0 Å². The molecule has 1 aliphatic rings. The molecule has 0 heterocycles. The van der Waals surface area contributed by atoms with Crippen LogP contribution in [0.2, 0.25) is 0 Å². The SMILES string of the molecule is CC(CCNC(=O)C1CCCC1C(=O)O)S(C)=O. The zero-order chi connectivity index (χ0) is 13.7. The molecule has 18 heavy (non-hydrogen) atoms. The van der Waals surface area contributed by atoms with E-state index in [2.05, 4.69) is 5.32 Å². The van der Waals surface area contributed by atoms with E-state index < -0.39 is 28.6 Å². The molecule has 0 bridgehead atoms. The van der Waals surface area contributed by atoms with Crippen LogP contribution in [0.3, 0.4) is 0 Å². The van der Waals surface area contributed by atoms with E-state index in [-0.39, 0.29) is 11.2 Å². The number of hydrogen-bond donors (Lipinski definition) is 2. The van der Waals surface area contributed by atoms with Gasteiger partial charge in [-0.3, -0.25) is 13.8 Å². The number of aliphatic carboxylic acids is 1. The smallest absolute Gasteiger partial charge is 0.307 e. The van der Waals surface area contributed by atoms with E-state index in [0.29, 0.717) is 25.8 Å². The van der Waals surface area contributed by atoms with Crippen molar-refractivity contribution in [2.45, 2.75) is 37.9 Å². The van der Waals surface area contributed by atoms with Gasteiger partial charge in [0.2, 0.25) is 5.91 Å². The fourth-order valence-electron chi connectivity index (χ4n) is 2.27. The van der Waals surface area contributed by atoms with E-state index in [4.69, 9.17) is 5.11 Å². The lowest BCUT2D eigenvalue weighted by atomic mass is 9.95. The third kappa shape index (κ3) is 4.08. The Bertz CT molecular complexity index is 345. The molecular weight excluding hydrogens is 254 g/mol. The molecule has 1 amide bonds. The topological polar surface area (TPSA) is 83.5 Å². The molecule has 0 saturated heterocycles. The number of carbonyl (C=O) groups excluding carboxylic acids is 1. The standard InChI is InChI=1S/C12H21NO4S/c1-8(18(2)17)6-7-13-11(14)9-4-3-5-10(9)12(15)16/h8-10H,3-7H2,1-2H3,(H,13,14)(H,15,16). The Morgan fingerprint density at radius 3 is 2.56 bits per heavy atom. The van der Waals surface area contributed by atoms with Crippen LogP contribution < -0.4 is 5.32 Å². The van der Waals surface area contributed by atoms with Gasteiger partial charge < -0.3 is 10.4 Å². The van der Waals surface area contributed by atoms with E-state index in [9.17, 15) is 13.8 Å². The molecule has 6 heteroatoms. The maximum Gasteiger partial charge on any atom is 0.307 e. The van der Waals surface area contributed by atoms with E-state index in [1.807, 2.05) is 6.92 Å². The van der Waals surface area contributed by atoms with E-state index >= 15 is 0 Å². The van der Waals surface area contributed by atoms with Gasteiger partial charge in [0.1, 0.15) is 0 Å². The van der Waals surface area contributed by atoms with E-state index in [1.165, 1.54) is 0 Å². The van der Waals surface area contributed by atoms with Crippen LogP contribution in [0.1, 0.15) is 32.6 Å². The maximum absolute atomic E-state index is 11.9. The molecule has 5 nitrogen and oxygen atoms in total. The van der Waals surface area contributed by atoms with Crippen LogP contribution in [-0.2, 0) is 20.4 Å². The van der Waals surface area contributed by atoms with Crippen LogP contribution in [0.15, 0.2) is 0 Å². The summed E-state index contributed by atoms with van der Waals surface area (Å²) in [5.74, 6) is -1.99. The minimum absolute atomic E-state index is 0.0455. The van der Waals surface area contributed by atoms with Crippen molar-refractivity contribution < 1.29 is 18.9 Å². The number of carbonyl (C=O) groups is 2. The second-order valence-corrected chi connectivity index (χ2v) is 6.67. The normalized spacial score (nSPS) is 26.6. The second kappa shape index (κ2) is 6.87. The first-order chi connectivity index (χ1) is 8.43. The van der Waals surface area contributed by atoms with Crippen molar-refractivity contribution in [3.63, 3.8) is 0 Å². The first-order valence-electron chi connectivity index (χ1n) is 6.26. The Morgan fingerprint density at radius 2 is 2.00 bits per heavy atom. The molecule has 4 unspecified atom stereocenters. The molecule has 0 spiro atoms. The molecule has 0 aliphatic heterocycles. The van der Waals surface area contributed by atoms with Crippen LogP contribution >= 0.6 is 0 Å². The highest BCUT2D eigenvalue weighted by atomic mass is 32.2. The number of hydrogen-bond acceptors (Lipinski definition) is 3. The van der Waals surface area contributed by atoms with Crippen LogP contribution in [0.5, 0.6) is 0 Å². The Balaban J connectivity index is 2.37. The van der Waals surface area contributed by atoms with Crippen LogP contribution in [0.25, 0.3) is 0 Å². The highest BCUT2D eigenvalue weighted by Gasteiger charge is 2.37. The van der Waals surface area contributed by atoms with Gasteiger partial charge >= 0.3 is 5.97 Å². The molecule has 4 atom stereocenters. The molecule has 0 aromatic heterocycles. The third-order valence-corrected chi connectivity index (χ3v) is 4.96. The Labute approximate surface area is 110 Å². The average molecular weight is 275 g/mol. The van der Waals surface area contributed by atoms with Crippen molar-refractivity contribution in [2.24, 2.45) is 11.8 Å². The lowest BCUT2D eigenvalue weighted by Gasteiger charge is -2.16. The quantitative estimate of drug-likeness (QED) is 0.749. The summed E-state index contributed by atoms with van der Waals surface area (Å²) in [6, 6.07) is 0. The fourth-order valence-corrected chi connectivity index (χ4v) is 2.71. The van der Waals surface area contributed by atoms with E-state index in [1.54, 1.807) is 6.26 Å². The van der Waals surface area contributed by atoms with Crippen LogP contribution in [-0.4, -0.2) is 39.2 Å². The van der Waals surface area contributed by atoms with Crippen molar-refractivity contribution in [3.8, 4) is 0 Å². The molecule has 104 valence electrons. The Morgan fingerprint density at radius 1 is 1.39 bits per heavy atom. The number of rotatable bonds is 6. The zero-order valence-corrected chi connectivity index (χ0v) is 11.7. The van der Waals surface area contributed by atoms with Gasteiger partial charge in [0, 0.05) is 28.9 Å². The summed E-state index contributed by atoms with van der Waals surface area (Å²) in [6.45, 7) is 2.33. The number of amides is 1. The number of carboxylic acids is 1. The zero-order valence-electron chi connectivity index (χ0n) is 10.8. The predicted molar refractivity (Wildman–Crippen MR) is 69.6 cm³/mol. The summed E-state index contributed by atoms with van der Waals surface area (Å²) in [6.07, 6.45) is 4.33. The second-order valence-electron chi connectivity index (χ2n) is 4.87. The molecule has 1 saturated carbocycles. The summed E-state index contributed by atoms with van der Waals surface area (Å²) >= 11 is 0. The van der Waals surface area contributed by atoms with Crippen molar-refractivity contribution in [2.75, 3.05) is 12.8 Å². The first-order valence-corrected chi connectivity index (χ1v) is 7.88. The summed E-state index contributed by atoms with van der Waals surface area (Å²) in [5.41, 5.74) is 0. The average Bonchev–Trinajstić information content (AvgIpc) is 2.77. The summed E-state index contributed by atoms with van der Waals surface area (Å²) < 4.78 is 11.1. The Kier molecular flexibility index (Phi) is 5.78. The minimum Gasteiger partial charge on any atom is -0.481 e. The lowest BCUT2D eigenvalue weighted by Crippen LogP contribution is -2.36. The van der Waals surface area contributed by atoms with E-state index in [0.717, 1.165) is 6.42 Å². The molecule has 2 N–H and O–H groups in total. The molecule has 1 rings (SSSR count). The minimum atomic E-state index is -0.887. The molecule has 0 aromatic carbocycles. The molecule has 1 aliphatic carbocycles. The summed E-state index contributed by atoms with van der Waals surface area (Å²) in [4.78, 5) is 22.8. The van der Waals surface area contributed by atoms with Crippen molar-refractivity contribution in [3.05, 3.63) is 0 Å². The molecule has 1 fully saturated rings. The number of nitrogens with one attached hydrogen (secondary N) is 1. The highest BCUT2D eigenvalue weighted by Crippen LogP contribution is 2.31. The highest BCUT2D eigenvalue weighted by molar-refractivity contribution is 7.84. The van der Waals surface area contributed by atoms with Gasteiger partial charge in [-0.15, -0.1) is 0 Å². The summed E-state index contributed by atoms with van der Waals surface area (Å²) in [5, 5.41) is 11.8. The molecule has 0 aromatic rings. The van der Waals surface area contributed by atoms with Gasteiger partial charge in [-0.2, -0.15) is 0 Å². The van der Waals surface area contributed by atoms with Crippen molar-refractivity contribution in [1.29, 1.82) is 0 Å². The predicted octanol–water partition coefficient (Wildman–Crippen LogP) is 0.761. The van der Waals surface area contributed by atoms with Gasteiger partial charge in [-0.05, 0) is 19.3 Å². The van der Waals surface area contributed by atoms with Gasteiger partial charge in [-0.1, -0.05) is 13.3 Å². The largest absolute Gasteiger partial charge is 0.481 e. The molecular formula is C12H21NO4S. The van der Waals surface area contributed by atoms with Gasteiger partial charge in [-0.25, -0.2) is 0 Å². The first kappa shape index (κ1) is 15.1. The fraction of sp³-hybridized carbons (Fsp3) is 0.833. The monoisotopic (exact) mass is 275 g/mol. The van der Waals surface area contributed by atoms with Gasteiger partial charge in [0.05, 0.1) is 11.8 Å². The number of carboxylic acid groups (broad SMARTS) is 1. The molecule has 0 radical (unpaired) electrons. The lowest BCUT2D eigenvalue weighted by molar-refractivity contribution is -0.146. The van der Waals surface area contributed by atoms with Crippen LogP contribution in [0.4, 0.5) is 0 Å². The summed E-state index contributed by atoms with van der Waals surface area (Å²) in [7, 11) is -0.887. The third-order valence-electron chi connectivity index (χ3n) is 3.59. The van der Waals surface area contributed by atoms with Gasteiger partial charge in [0.25, 0.3) is 0 Å². The van der Waals surface area contributed by atoms with Crippen molar-refractivity contribution >= 4 is 22.7 Å². The van der Waals surface area contributed by atoms with Crippen LogP contribution in [0, 0.1) is 11.8 Å². The van der Waals surface area contributed by atoms with Crippen molar-refractivity contribution in [1.82, 2.24) is 5.32 Å². The Hall–Kier alpha value is -0.910.